The number of rotatable bonds is 2. The number of hydrogen-bond donors (Lipinski definition) is 0. The molecule has 0 spiro atoms. The Labute approximate surface area is 305 Å². The summed E-state index contributed by atoms with van der Waals surface area (Å²) in [7, 11) is 0. The Morgan fingerprint density at radius 1 is 0.415 bits per heavy atom. The molecule has 4 heteroatoms. The second-order valence-electron chi connectivity index (χ2n) is 13.9. The van der Waals surface area contributed by atoms with E-state index in [4.69, 9.17) is 4.98 Å². The summed E-state index contributed by atoms with van der Waals surface area (Å²) in [5.41, 5.74) is 13.2. The summed E-state index contributed by atoms with van der Waals surface area (Å²) in [6.45, 7) is 2.16. The van der Waals surface area contributed by atoms with Crippen LogP contribution in [0.3, 0.4) is 0 Å². The van der Waals surface area contributed by atoms with Gasteiger partial charge in [0.05, 0.1) is 27.6 Å². The molecule has 4 heterocycles. The summed E-state index contributed by atoms with van der Waals surface area (Å²) in [6, 6.07) is 58.2. The van der Waals surface area contributed by atoms with Crippen LogP contribution in [0.25, 0.3) is 99.0 Å². The van der Waals surface area contributed by atoms with Gasteiger partial charge in [-0.25, -0.2) is 4.98 Å². The van der Waals surface area contributed by atoms with E-state index in [0.717, 1.165) is 11.3 Å². The molecule has 0 bridgehead atoms. The maximum absolute atomic E-state index is 5.01. The third kappa shape index (κ3) is 4.42. The van der Waals surface area contributed by atoms with Crippen LogP contribution in [0.5, 0.6) is 0 Å². The number of aromatic nitrogens is 4. The topological polar surface area (TPSA) is 35.6 Å². The lowest BCUT2D eigenvalue weighted by molar-refractivity contribution is 1.08. The highest BCUT2D eigenvalue weighted by Gasteiger charge is 2.24. The minimum atomic E-state index is 0.940. The molecule has 4 nitrogen and oxygen atoms in total. The van der Waals surface area contributed by atoms with Crippen molar-refractivity contribution >= 4 is 65.3 Å². The number of pyridine rings is 2. The van der Waals surface area contributed by atoms with Gasteiger partial charge in [0.15, 0.2) is 0 Å². The summed E-state index contributed by atoms with van der Waals surface area (Å²) in [6.07, 6.45) is 3.93. The van der Waals surface area contributed by atoms with Gasteiger partial charge in [-0.3, -0.25) is 9.55 Å². The molecule has 0 aliphatic heterocycles. The van der Waals surface area contributed by atoms with E-state index in [2.05, 4.69) is 185 Å². The van der Waals surface area contributed by atoms with Gasteiger partial charge in [0.25, 0.3) is 0 Å². The average Bonchev–Trinajstić information content (AvgIpc) is 3.85. The van der Waals surface area contributed by atoms with Crippen LogP contribution in [0.1, 0.15) is 5.56 Å². The fraction of sp³-hybridized carbons (Fsp3) is 0.0204. The molecule has 0 amide bonds. The van der Waals surface area contributed by atoms with E-state index in [0.29, 0.717) is 0 Å². The largest absolute Gasteiger partial charge is 0.309 e. The molecule has 0 saturated carbocycles. The van der Waals surface area contributed by atoms with Crippen molar-refractivity contribution in [3.63, 3.8) is 0 Å². The van der Waals surface area contributed by atoms with Crippen LogP contribution in [0.2, 0.25) is 0 Å². The third-order valence-electron chi connectivity index (χ3n) is 10.9. The lowest BCUT2D eigenvalue weighted by Crippen LogP contribution is -1.98. The van der Waals surface area contributed by atoms with Crippen molar-refractivity contribution in [2.45, 2.75) is 6.92 Å². The third-order valence-corrected chi connectivity index (χ3v) is 10.9. The molecular weight excluding hydrogens is 645 g/mol. The van der Waals surface area contributed by atoms with E-state index >= 15 is 0 Å². The summed E-state index contributed by atoms with van der Waals surface area (Å²) >= 11 is 0. The molecule has 0 radical (unpaired) electrons. The predicted octanol–water partition coefficient (Wildman–Crippen LogP) is 12.6. The number of nitrogens with zero attached hydrogens (tertiary/aromatic N) is 4. The van der Waals surface area contributed by atoms with Crippen LogP contribution < -0.4 is 0 Å². The standard InChI is InChI=1S/C31H19N3.C18H13N/c1-18-9-11-27-24(15-18)31-20-6-3-2-5-19(20)10-12-28(31)34(27)29-16-23-21-7-4-8-26-30(21)22(13-14-32-26)25(23)17-33-29;1-2-8-14(9-3-1)19-17-12-6-4-10-15(17)16-11-5-7-13-18(16)19/h2-17H,1H3;1-13H. The van der Waals surface area contributed by atoms with Crippen molar-refractivity contribution in [2.75, 3.05) is 0 Å². The highest BCUT2D eigenvalue weighted by Crippen LogP contribution is 2.47. The molecule has 0 saturated heterocycles. The number of aryl methyl sites for hydroxylation is 1. The van der Waals surface area contributed by atoms with Crippen LogP contribution in [0, 0.1) is 6.92 Å². The molecule has 1 aliphatic rings. The van der Waals surface area contributed by atoms with Gasteiger partial charge in [-0.1, -0.05) is 109 Å². The summed E-state index contributed by atoms with van der Waals surface area (Å²) in [5, 5.41) is 8.93. The summed E-state index contributed by atoms with van der Waals surface area (Å²) in [4.78, 5) is 9.60. The molecule has 0 unspecified atom stereocenters. The van der Waals surface area contributed by atoms with E-state index < -0.39 is 0 Å². The van der Waals surface area contributed by atoms with Crippen molar-refractivity contribution in [1.82, 2.24) is 19.1 Å². The Kier molecular flexibility index (Phi) is 6.43. The monoisotopic (exact) mass is 676 g/mol. The Morgan fingerprint density at radius 2 is 1.09 bits per heavy atom. The molecular formula is C49H32N4. The lowest BCUT2D eigenvalue weighted by atomic mass is 10.0. The van der Waals surface area contributed by atoms with E-state index in [1.165, 1.54) is 93.3 Å². The predicted molar refractivity (Wildman–Crippen MR) is 221 cm³/mol. The lowest BCUT2D eigenvalue weighted by Gasteiger charge is -2.10. The number of fused-ring (bicyclic) bond motifs is 11. The Balaban J connectivity index is 0.000000147. The maximum Gasteiger partial charge on any atom is 0.138 e. The number of hydrogen-bond acceptors (Lipinski definition) is 2. The number of para-hydroxylation sites is 3. The zero-order valence-corrected chi connectivity index (χ0v) is 29.0. The molecule has 248 valence electrons. The molecule has 53 heavy (non-hydrogen) atoms. The van der Waals surface area contributed by atoms with Crippen LogP contribution in [0.15, 0.2) is 176 Å². The average molecular weight is 677 g/mol. The smallest absolute Gasteiger partial charge is 0.138 e. The van der Waals surface area contributed by atoms with Gasteiger partial charge in [-0.2, -0.15) is 0 Å². The van der Waals surface area contributed by atoms with Gasteiger partial charge in [0, 0.05) is 50.6 Å². The van der Waals surface area contributed by atoms with Gasteiger partial charge in [-0.15, -0.1) is 0 Å². The summed E-state index contributed by atoms with van der Waals surface area (Å²) in [5.74, 6) is 0.940. The SMILES string of the molecule is Cc1ccc2c(c1)c1c3ccccc3ccc1n2-c1cc2c(cn1)-c1ccnc3cccc-2c13.c1ccc(-n2c3ccccc3c3ccccc32)cc1. The van der Waals surface area contributed by atoms with Crippen molar-refractivity contribution < 1.29 is 0 Å². The minimum absolute atomic E-state index is 0.940. The van der Waals surface area contributed by atoms with Gasteiger partial charge < -0.3 is 4.57 Å². The van der Waals surface area contributed by atoms with E-state index in [9.17, 15) is 0 Å². The van der Waals surface area contributed by atoms with Crippen LogP contribution >= 0.6 is 0 Å². The molecule has 12 rings (SSSR count). The maximum atomic E-state index is 5.01. The molecule has 11 aromatic rings. The minimum Gasteiger partial charge on any atom is -0.309 e. The number of benzene rings is 7. The van der Waals surface area contributed by atoms with Gasteiger partial charge in [-0.05, 0) is 95.1 Å². The second-order valence-corrected chi connectivity index (χ2v) is 13.9. The van der Waals surface area contributed by atoms with E-state index in [1.807, 2.05) is 12.4 Å². The van der Waals surface area contributed by atoms with Crippen LogP contribution in [-0.2, 0) is 0 Å². The first-order chi connectivity index (χ1) is 26.2. The first kappa shape index (κ1) is 29.7. The fourth-order valence-electron chi connectivity index (χ4n) is 8.59. The molecule has 1 aliphatic carbocycles. The summed E-state index contributed by atoms with van der Waals surface area (Å²) < 4.78 is 4.64. The Morgan fingerprint density at radius 3 is 1.91 bits per heavy atom. The van der Waals surface area contributed by atoms with Crippen molar-refractivity contribution in [3.05, 3.63) is 182 Å². The van der Waals surface area contributed by atoms with E-state index in [1.54, 1.807) is 0 Å². The van der Waals surface area contributed by atoms with Crippen molar-refractivity contribution in [1.29, 1.82) is 0 Å². The van der Waals surface area contributed by atoms with Gasteiger partial charge in [0.2, 0.25) is 0 Å². The normalized spacial score (nSPS) is 11.9. The second kappa shape index (κ2) is 11.5. The molecule has 4 aromatic heterocycles. The Hall–Kier alpha value is -7.04. The highest BCUT2D eigenvalue weighted by atomic mass is 15.1. The van der Waals surface area contributed by atoms with Crippen LogP contribution in [-0.4, -0.2) is 19.1 Å². The quantitative estimate of drug-likeness (QED) is 0.183. The molecule has 0 fully saturated rings. The zero-order valence-electron chi connectivity index (χ0n) is 29.0. The highest BCUT2D eigenvalue weighted by molar-refractivity contribution is 6.21. The first-order valence-corrected chi connectivity index (χ1v) is 18.1. The molecule has 0 N–H and O–H groups in total. The van der Waals surface area contributed by atoms with Crippen LogP contribution in [0.4, 0.5) is 0 Å². The molecule has 7 aromatic carbocycles. The van der Waals surface area contributed by atoms with E-state index in [-0.39, 0.29) is 0 Å². The first-order valence-electron chi connectivity index (χ1n) is 18.1. The zero-order chi connectivity index (χ0) is 35.0. The Bertz CT molecular complexity index is 3180. The fourth-order valence-corrected chi connectivity index (χ4v) is 8.59. The van der Waals surface area contributed by atoms with Crippen molar-refractivity contribution in [3.8, 4) is 33.8 Å². The molecule has 0 atom stereocenters. The van der Waals surface area contributed by atoms with Gasteiger partial charge >= 0.3 is 0 Å². The van der Waals surface area contributed by atoms with Gasteiger partial charge in [0.1, 0.15) is 5.82 Å². The van der Waals surface area contributed by atoms with Crippen molar-refractivity contribution in [2.24, 2.45) is 0 Å².